The molecule has 222 valence electrons. The first-order chi connectivity index (χ1) is 19.6. The predicted octanol–water partition coefficient (Wildman–Crippen LogP) is 7.30. The van der Waals surface area contributed by atoms with Gasteiger partial charge in [-0.15, -0.1) is 0 Å². The first-order valence-corrected chi connectivity index (χ1v) is 15.4. The Hall–Kier alpha value is -2.25. The van der Waals surface area contributed by atoms with Gasteiger partial charge in [-0.05, 0) is 44.4 Å². The average Bonchev–Trinajstić information content (AvgIpc) is 3.34. The van der Waals surface area contributed by atoms with E-state index in [9.17, 15) is 4.79 Å². The minimum atomic E-state index is -0.552. The molecule has 3 atom stereocenters. The van der Waals surface area contributed by atoms with Crippen molar-refractivity contribution in [3.05, 3.63) is 71.8 Å². The molecule has 2 aromatic rings. The largest absolute Gasteiger partial charge is 0.466 e. The molecule has 0 aromatic heterocycles. The van der Waals surface area contributed by atoms with Gasteiger partial charge >= 0.3 is 5.97 Å². The van der Waals surface area contributed by atoms with E-state index >= 15 is 0 Å². The number of rotatable bonds is 20. The van der Waals surface area contributed by atoms with Gasteiger partial charge in [0.05, 0.1) is 25.9 Å². The zero-order valence-electron chi connectivity index (χ0n) is 25.0. The molecule has 3 rings (SSSR count). The third kappa shape index (κ3) is 10.6. The van der Waals surface area contributed by atoms with Crippen LogP contribution in [0.25, 0.3) is 0 Å². The topological polar surface area (TPSA) is 57.2 Å². The summed E-state index contributed by atoms with van der Waals surface area (Å²) >= 11 is 0. The van der Waals surface area contributed by atoms with Gasteiger partial charge in [-0.25, -0.2) is 0 Å². The summed E-state index contributed by atoms with van der Waals surface area (Å²) in [5.74, 6) is -0.105. The molecule has 6 heteroatoms. The highest BCUT2D eigenvalue weighted by molar-refractivity contribution is 5.69. The van der Waals surface area contributed by atoms with Crippen molar-refractivity contribution in [2.75, 3.05) is 26.8 Å². The SMILES string of the molecule is CCCCCCO[C@]1(N(C)CCCCCC(=O)OCC)C[C@H](OCc2ccccc2)C[C@@H]1OCc1ccccc1. The summed E-state index contributed by atoms with van der Waals surface area (Å²) in [6.45, 7) is 7.24. The van der Waals surface area contributed by atoms with Crippen LogP contribution in [0.2, 0.25) is 0 Å². The van der Waals surface area contributed by atoms with Gasteiger partial charge in [0, 0.05) is 32.4 Å². The number of hydrogen-bond donors (Lipinski definition) is 0. The zero-order chi connectivity index (χ0) is 28.5. The second kappa shape index (κ2) is 18.2. The van der Waals surface area contributed by atoms with Crippen molar-refractivity contribution in [3.8, 4) is 0 Å². The number of likely N-dealkylation sites (N-methyl/N-ethyl adjacent to an activating group) is 1. The first kappa shape index (κ1) is 32.3. The van der Waals surface area contributed by atoms with E-state index in [1.165, 1.54) is 24.8 Å². The molecule has 0 spiro atoms. The van der Waals surface area contributed by atoms with Crippen molar-refractivity contribution < 1.29 is 23.7 Å². The zero-order valence-corrected chi connectivity index (χ0v) is 25.0. The molecule has 40 heavy (non-hydrogen) atoms. The van der Waals surface area contributed by atoms with Gasteiger partial charge in [0.2, 0.25) is 0 Å². The summed E-state index contributed by atoms with van der Waals surface area (Å²) in [5.41, 5.74) is 1.79. The van der Waals surface area contributed by atoms with Crippen molar-refractivity contribution in [1.29, 1.82) is 0 Å². The highest BCUT2D eigenvalue weighted by atomic mass is 16.6. The predicted molar refractivity (Wildman–Crippen MR) is 160 cm³/mol. The van der Waals surface area contributed by atoms with Crippen LogP contribution >= 0.6 is 0 Å². The maximum atomic E-state index is 11.7. The number of ether oxygens (including phenoxy) is 4. The second-order valence-corrected chi connectivity index (χ2v) is 10.9. The molecule has 0 amide bonds. The van der Waals surface area contributed by atoms with E-state index in [0.29, 0.717) is 32.8 Å². The van der Waals surface area contributed by atoms with E-state index in [1.54, 1.807) is 0 Å². The van der Waals surface area contributed by atoms with E-state index in [1.807, 2.05) is 19.1 Å². The lowest BCUT2D eigenvalue weighted by molar-refractivity contribution is -0.211. The maximum absolute atomic E-state index is 11.7. The summed E-state index contributed by atoms with van der Waals surface area (Å²) in [6, 6.07) is 20.7. The van der Waals surface area contributed by atoms with Gasteiger partial charge in [-0.3, -0.25) is 9.69 Å². The Labute approximate surface area is 242 Å². The summed E-state index contributed by atoms with van der Waals surface area (Å²) in [4.78, 5) is 14.1. The second-order valence-electron chi connectivity index (χ2n) is 10.9. The molecular formula is C34H51NO5. The maximum Gasteiger partial charge on any atom is 0.305 e. The van der Waals surface area contributed by atoms with Gasteiger partial charge in [-0.2, -0.15) is 0 Å². The summed E-state index contributed by atoms with van der Waals surface area (Å²) in [6.07, 6.45) is 9.43. The van der Waals surface area contributed by atoms with E-state index in [-0.39, 0.29) is 18.2 Å². The van der Waals surface area contributed by atoms with Gasteiger partial charge < -0.3 is 18.9 Å². The highest BCUT2D eigenvalue weighted by Crippen LogP contribution is 2.41. The van der Waals surface area contributed by atoms with Crippen LogP contribution in [0.5, 0.6) is 0 Å². The average molecular weight is 554 g/mol. The van der Waals surface area contributed by atoms with E-state index in [4.69, 9.17) is 18.9 Å². The number of esters is 1. The number of nitrogens with zero attached hydrogens (tertiary/aromatic N) is 1. The Morgan fingerprint density at radius 2 is 1.50 bits per heavy atom. The first-order valence-electron chi connectivity index (χ1n) is 15.4. The van der Waals surface area contributed by atoms with Gasteiger partial charge in [0.25, 0.3) is 0 Å². The van der Waals surface area contributed by atoms with Crippen LogP contribution in [0.1, 0.15) is 89.2 Å². The molecule has 0 unspecified atom stereocenters. The van der Waals surface area contributed by atoms with Crippen LogP contribution in [0.3, 0.4) is 0 Å². The summed E-state index contributed by atoms with van der Waals surface area (Å²) in [7, 11) is 2.16. The molecule has 1 saturated carbocycles. The third-order valence-electron chi connectivity index (χ3n) is 7.80. The fourth-order valence-corrected chi connectivity index (χ4v) is 5.51. The molecule has 6 nitrogen and oxygen atoms in total. The molecule has 0 saturated heterocycles. The monoisotopic (exact) mass is 553 g/mol. The van der Waals surface area contributed by atoms with Crippen LogP contribution in [0, 0.1) is 0 Å². The Kier molecular flexibility index (Phi) is 14.7. The Morgan fingerprint density at radius 1 is 0.850 bits per heavy atom. The van der Waals surface area contributed by atoms with Crippen LogP contribution in [-0.2, 0) is 37.0 Å². The van der Waals surface area contributed by atoms with Crippen LogP contribution in [0.15, 0.2) is 60.7 Å². The molecule has 1 aliphatic rings. The minimum absolute atomic E-state index is 0.0443. The Morgan fingerprint density at radius 3 is 2.15 bits per heavy atom. The molecule has 0 radical (unpaired) electrons. The molecule has 0 N–H and O–H groups in total. The summed E-state index contributed by atoms with van der Waals surface area (Å²) in [5, 5.41) is 0. The van der Waals surface area contributed by atoms with Gasteiger partial charge in [0.1, 0.15) is 11.8 Å². The number of unbranched alkanes of at least 4 members (excludes halogenated alkanes) is 5. The van der Waals surface area contributed by atoms with Crippen molar-refractivity contribution >= 4 is 5.97 Å². The van der Waals surface area contributed by atoms with Crippen LogP contribution < -0.4 is 0 Å². The fourth-order valence-electron chi connectivity index (χ4n) is 5.51. The minimum Gasteiger partial charge on any atom is -0.466 e. The lowest BCUT2D eigenvalue weighted by Gasteiger charge is -2.43. The van der Waals surface area contributed by atoms with Crippen molar-refractivity contribution in [2.45, 2.75) is 109 Å². The number of benzene rings is 2. The van der Waals surface area contributed by atoms with Crippen molar-refractivity contribution in [1.82, 2.24) is 4.90 Å². The molecular weight excluding hydrogens is 502 g/mol. The summed E-state index contributed by atoms with van der Waals surface area (Å²) < 4.78 is 25.1. The molecule has 0 aliphatic heterocycles. The smallest absolute Gasteiger partial charge is 0.305 e. The number of carbonyl (C=O) groups is 1. The standard InChI is InChI=1S/C34H51NO5/c1-4-6-7-17-24-40-34(35(3)23-16-10-15-22-33(36)37-5-2)26-31(38-27-29-18-11-8-12-19-29)25-32(34)39-28-30-20-13-9-14-21-30/h8-9,11-14,18-21,31-32H,4-7,10,15-17,22-28H2,1-3H3/t31-,32+,34-/m1/s1. The van der Waals surface area contributed by atoms with Gasteiger partial charge in [0.15, 0.2) is 0 Å². The Balaban J connectivity index is 1.69. The Bertz CT molecular complexity index is 940. The lowest BCUT2D eigenvalue weighted by atomic mass is 10.1. The van der Waals surface area contributed by atoms with Gasteiger partial charge in [-0.1, -0.05) is 93.3 Å². The van der Waals surface area contributed by atoms with E-state index in [0.717, 1.165) is 50.6 Å². The molecule has 0 bridgehead atoms. The fraction of sp³-hybridized carbons (Fsp3) is 0.618. The lowest BCUT2D eigenvalue weighted by Crippen LogP contribution is -2.55. The quantitative estimate of drug-likeness (QED) is 0.0974. The number of hydrogen-bond acceptors (Lipinski definition) is 6. The van der Waals surface area contributed by atoms with Crippen molar-refractivity contribution in [2.24, 2.45) is 0 Å². The highest BCUT2D eigenvalue weighted by Gasteiger charge is 2.52. The molecule has 1 fully saturated rings. The molecule has 0 heterocycles. The molecule has 1 aliphatic carbocycles. The van der Waals surface area contributed by atoms with Crippen LogP contribution in [-0.4, -0.2) is 55.6 Å². The molecule has 2 aromatic carbocycles. The van der Waals surface area contributed by atoms with E-state index in [2.05, 4.69) is 67.4 Å². The number of carbonyl (C=O) groups excluding carboxylic acids is 1. The normalized spacial score (nSPS) is 20.7. The van der Waals surface area contributed by atoms with E-state index < -0.39 is 5.72 Å². The third-order valence-corrected chi connectivity index (χ3v) is 7.80. The van der Waals surface area contributed by atoms with Crippen LogP contribution in [0.4, 0.5) is 0 Å². The van der Waals surface area contributed by atoms with Crippen molar-refractivity contribution in [3.63, 3.8) is 0 Å².